The third-order valence-corrected chi connectivity index (χ3v) is 2.84. The lowest BCUT2D eigenvalue weighted by Crippen LogP contribution is -2.26. The van der Waals surface area contributed by atoms with Gasteiger partial charge in [-0.05, 0) is 18.2 Å². The summed E-state index contributed by atoms with van der Waals surface area (Å²) in [6.45, 7) is -0.0209. The van der Waals surface area contributed by atoms with Crippen molar-refractivity contribution in [3.8, 4) is 5.88 Å². The van der Waals surface area contributed by atoms with Crippen LogP contribution in [0.2, 0.25) is 0 Å². The first-order valence-corrected chi connectivity index (χ1v) is 6.13. The number of aromatic nitrogens is 4. The van der Waals surface area contributed by atoms with Crippen LogP contribution in [0.25, 0.3) is 11.0 Å². The third kappa shape index (κ3) is 2.73. The second kappa shape index (κ2) is 5.08. The van der Waals surface area contributed by atoms with Crippen LogP contribution in [-0.4, -0.2) is 30.9 Å². The van der Waals surface area contributed by atoms with Crippen LogP contribution in [0.15, 0.2) is 35.3 Å². The highest BCUT2D eigenvalue weighted by molar-refractivity contribution is 5.94. The first kappa shape index (κ1) is 12.9. The maximum Gasteiger partial charge on any atom is 0.270 e. The summed E-state index contributed by atoms with van der Waals surface area (Å²) >= 11 is 0. The van der Waals surface area contributed by atoms with E-state index in [-0.39, 0.29) is 18.1 Å². The minimum Gasteiger partial charge on any atom is -0.493 e. The number of aromatic amines is 2. The van der Waals surface area contributed by atoms with Crippen molar-refractivity contribution in [2.24, 2.45) is 0 Å². The van der Waals surface area contributed by atoms with Crippen LogP contribution in [0.1, 0.15) is 16.3 Å². The van der Waals surface area contributed by atoms with Crippen molar-refractivity contribution in [1.82, 2.24) is 25.3 Å². The highest BCUT2D eigenvalue weighted by Gasteiger charge is 2.09. The molecule has 8 nitrogen and oxygen atoms in total. The van der Waals surface area contributed by atoms with E-state index < -0.39 is 17.3 Å². The Bertz CT molecular complexity index is 867. The fraction of sp³-hybridized carbons (Fsp3) is 0.0769. The summed E-state index contributed by atoms with van der Waals surface area (Å²) in [5.74, 6) is -0.638. The van der Waals surface area contributed by atoms with E-state index in [4.69, 9.17) is 0 Å². The molecule has 0 saturated heterocycles. The van der Waals surface area contributed by atoms with Gasteiger partial charge in [0, 0.05) is 11.6 Å². The molecule has 0 spiro atoms. The number of carbonyl (C=O) groups excluding carboxylic acids is 1. The molecule has 3 heterocycles. The van der Waals surface area contributed by atoms with Crippen LogP contribution >= 0.6 is 0 Å². The van der Waals surface area contributed by atoms with Gasteiger partial charge in [0.25, 0.3) is 11.5 Å². The average molecular weight is 285 g/mol. The number of aromatic hydroxyl groups is 1. The summed E-state index contributed by atoms with van der Waals surface area (Å²) in [7, 11) is 0. The quantitative estimate of drug-likeness (QED) is 0.550. The van der Waals surface area contributed by atoms with Crippen LogP contribution in [0.3, 0.4) is 0 Å². The van der Waals surface area contributed by atoms with Gasteiger partial charge in [-0.1, -0.05) is 0 Å². The summed E-state index contributed by atoms with van der Waals surface area (Å²) < 4.78 is 0. The van der Waals surface area contributed by atoms with Crippen molar-refractivity contribution in [2.45, 2.75) is 6.54 Å². The molecule has 0 aliphatic rings. The Hall–Kier alpha value is -3.16. The van der Waals surface area contributed by atoms with Gasteiger partial charge >= 0.3 is 0 Å². The molecular formula is C13H11N5O3. The number of H-pyrrole nitrogens is 2. The van der Waals surface area contributed by atoms with Crippen molar-refractivity contribution in [1.29, 1.82) is 0 Å². The molecule has 21 heavy (non-hydrogen) atoms. The molecule has 3 aromatic heterocycles. The zero-order chi connectivity index (χ0) is 14.8. The fourth-order valence-corrected chi connectivity index (χ4v) is 1.89. The normalized spacial score (nSPS) is 10.7. The lowest BCUT2D eigenvalue weighted by molar-refractivity contribution is 0.0945. The monoisotopic (exact) mass is 285 g/mol. The second-order valence-corrected chi connectivity index (χ2v) is 4.34. The number of fused-ring (bicyclic) bond motifs is 1. The Morgan fingerprint density at radius 2 is 2.14 bits per heavy atom. The third-order valence-electron chi connectivity index (χ3n) is 2.84. The number of nitrogens with zero attached hydrogens (tertiary/aromatic N) is 2. The smallest absolute Gasteiger partial charge is 0.270 e. The van der Waals surface area contributed by atoms with Crippen molar-refractivity contribution in [3.63, 3.8) is 0 Å². The highest BCUT2D eigenvalue weighted by atomic mass is 16.3. The number of nitrogens with one attached hydrogen (secondary N) is 3. The van der Waals surface area contributed by atoms with Crippen molar-refractivity contribution in [3.05, 3.63) is 52.3 Å². The largest absolute Gasteiger partial charge is 0.493 e. The minimum atomic E-state index is -0.488. The molecule has 0 aromatic carbocycles. The molecule has 0 bridgehead atoms. The van der Waals surface area contributed by atoms with Crippen LogP contribution in [0, 0.1) is 0 Å². The van der Waals surface area contributed by atoms with Gasteiger partial charge in [0.2, 0.25) is 5.88 Å². The van der Waals surface area contributed by atoms with Gasteiger partial charge in [0.1, 0.15) is 17.2 Å². The van der Waals surface area contributed by atoms with E-state index in [2.05, 4.69) is 25.3 Å². The van der Waals surface area contributed by atoms with Crippen LogP contribution in [0.5, 0.6) is 5.88 Å². The number of hydrogen-bond acceptors (Lipinski definition) is 5. The molecule has 0 fully saturated rings. The van der Waals surface area contributed by atoms with E-state index >= 15 is 0 Å². The van der Waals surface area contributed by atoms with Crippen LogP contribution < -0.4 is 10.9 Å². The van der Waals surface area contributed by atoms with Gasteiger partial charge in [-0.2, -0.15) is 4.98 Å². The summed E-state index contributed by atoms with van der Waals surface area (Å²) in [5, 5.41) is 12.7. The van der Waals surface area contributed by atoms with Crippen molar-refractivity contribution >= 4 is 16.9 Å². The minimum absolute atomic E-state index is 0.0209. The SMILES string of the molecule is O=C(NCc1nc(O)cc(=O)[nH]1)c1ccc2cc[nH]c2n1. The van der Waals surface area contributed by atoms with Gasteiger partial charge < -0.3 is 20.4 Å². The summed E-state index contributed by atoms with van der Waals surface area (Å²) in [6.07, 6.45) is 1.74. The Kier molecular flexibility index (Phi) is 3.11. The average Bonchev–Trinajstić information content (AvgIpc) is 2.91. The van der Waals surface area contributed by atoms with Gasteiger partial charge in [-0.3, -0.25) is 9.59 Å². The van der Waals surface area contributed by atoms with E-state index in [1.807, 2.05) is 6.07 Å². The Labute approximate surface area is 117 Å². The molecule has 8 heteroatoms. The molecular weight excluding hydrogens is 274 g/mol. The van der Waals surface area contributed by atoms with Gasteiger partial charge in [-0.25, -0.2) is 4.98 Å². The van der Waals surface area contributed by atoms with Gasteiger partial charge in [-0.15, -0.1) is 0 Å². The fourth-order valence-electron chi connectivity index (χ4n) is 1.89. The zero-order valence-corrected chi connectivity index (χ0v) is 10.8. The topological polar surface area (TPSA) is 124 Å². The summed E-state index contributed by atoms with van der Waals surface area (Å²) in [4.78, 5) is 36.3. The standard InChI is InChI=1S/C13H11N5O3/c19-10-5-11(20)18-9(17-10)6-15-13(21)8-2-1-7-3-4-14-12(7)16-8/h1-5H,6H2,(H,14,16)(H,15,21)(H2,17,18,19,20). The molecule has 0 radical (unpaired) electrons. The van der Waals surface area contributed by atoms with Gasteiger partial charge in [0.15, 0.2) is 0 Å². The number of rotatable bonds is 3. The van der Waals surface area contributed by atoms with Crippen molar-refractivity contribution in [2.75, 3.05) is 0 Å². The molecule has 0 saturated carbocycles. The number of amides is 1. The molecule has 4 N–H and O–H groups in total. The molecule has 0 atom stereocenters. The molecule has 3 aromatic rings. The maximum atomic E-state index is 12.0. The van der Waals surface area contributed by atoms with Gasteiger partial charge in [0.05, 0.1) is 12.6 Å². The van der Waals surface area contributed by atoms with E-state index in [0.717, 1.165) is 11.5 Å². The van der Waals surface area contributed by atoms with Crippen molar-refractivity contribution < 1.29 is 9.90 Å². The predicted octanol–water partition coefficient (Wildman–Crippen LogP) is 0.282. The number of pyridine rings is 1. The van der Waals surface area contributed by atoms with E-state index in [1.165, 1.54) is 0 Å². The second-order valence-electron chi connectivity index (χ2n) is 4.34. The van der Waals surface area contributed by atoms with E-state index in [1.54, 1.807) is 18.3 Å². The van der Waals surface area contributed by atoms with E-state index in [0.29, 0.717) is 5.65 Å². The lowest BCUT2D eigenvalue weighted by atomic mass is 10.3. The Balaban J connectivity index is 1.75. The van der Waals surface area contributed by atoms with Crippen LogP contribution in [-0.2, 0) is 6.54 Å². The molecule has 0 unspecified atom stereocenters. The van der Waals surface area contributed by atoms with Crippen LogP contribution in [0.4, 0.5) is 0 Å². The molecule has 3 rings (SSSR count). The predicted molar refractivity (Wildman–Crippen MR) is 73.8 cm³/mol. The first-order valence-electron chi connectivity index (χ1n) is 6.13. The zero-order valence-electron chi connectivity index (χ0n) is 10.8. The molecule has 0 aliphatic heterocycles. The Morgan fingerprint density at radius 1 is 1.29 bits per heavy atom. The number of carbonyl (C=O) groups is 1. The molecule has 0 aliphatic carbocycles. The summed E-state index contributed by atoms with van der Waals surface area (Å²) in [6, 6.07) is 6.18. The highest BCUT2D eigenvalue weighted by Crippen LogP contribution is 2.10. The lowest BCUT2D eigenvalue weighted by Gasteiger charge is -2.04. The molecule has 106 valence electrons. The molecule has 1 amide bonds. The maximum absolute atomic E-state index is 12.0. The van der Waals surface area contributed by atoms with E-state index in [9.17, 15) is 14.7 Å². The Morgan fingerprint density at radius 3 is 2.95 bits per heavy atom. The number of hydrogen-bond donors (Lipinski definition) is 4. The first-order chi connectivity index (χ1) is 10.1. The summed E-state index contributed by atoms with van der Waals surface area (Å²) in [5.41, 5.74) is 0.372.